The molecule has 1 atom stereocenters. The van der Waals surface area contributed by atoms with E-state index in [1.165, 1.54) is 6.07 Å². The summed E-state index contributed by atoms with van der Waals surface area (Å²) in [5.41, 5.74) is 1.32. The van der Waals surface area contributed by atoms with Crippen LogP contribution in [0.25, 0.3) is 0 Å². The standard InChI is InChI=1S/C14H11BrF2IN/c1-8(9-2-4-10(18)5-3-9)19-14-6-11(15)12(16)7-13(14)17/h2-8,19H,1H3. The Balaban J connectivity index is 2.21. The molecule has 0 saturated heterocycles. The number of benzene rings is 2. The topological polar surface area (TPSA) is 12.0 Å². The molecule has 0 fully saturated rings. The third-order valence-electron chi connectivity index (χ3n) is 2.75. The minimum Gasteiger partial charge on any atom is -0.376 e. The second kappa shape index (κ2) is 6.17. The lowest BCUT2D eigenvalue weighted by atomic mass is 10.1. The highest BCUT2D eigenvalue weighted by molar-refractivity contribution is 14.1. The van der Waals surface area contributed by atoms with Gasteiger partial charge in [-0.25, -0.2) is 8.78 Å². The van der Waals surface area contributed by atoms with Crippen LogP contribution < -0.4 is 5.32 Å². The van der Waals surface area contributed by atoms with Crippen LogP contribution in [0.1, 0.15) is 18.5 Å². The van der Waals surface area contributed by atoms with Crippen LogP contribution in [0, 0.1) is 15.2 Å². The molecule has 0 aliphatic heterocycles. The van der Waals surface area contributed by atoms with Gasteiger partial charge in [-0.2, -0.15) is 0 Å². The highest BCUT2D eigenvalue weighted by Gasteiger charge is 2.11. The summed E-state index contributed by atoms with van der Waals surface area (Å²) in [5.74, 6) is -1.21. The van der Waals surface area contributed by atoms with Crippen molar-refractivity contribution >= 4 is 44.2 Å². The second-order valence-corrected chi connectivity index (χ2v) is 6.26. The summed E-state index contributed by atoms with van der Waals surface area (Å²) in [6.45, 7) is 1.93. The third-order valence-corrected chi connectivity index (χ3v) is 4.08. The largest absolute Gasteiger partial charge is 0.376 e. The lowest BCUT2D eigenvalue weighted by Crippen LogP contribution is -2.08. The fourth-order valence-corrected chi connectivity index (χ4v) is 2.40. The van der Waals surface area contributed by atoms with Crippen molar-refractivity contribution in [2.24, 2.45) is 0 Å². The molecule has 0 aliphatic rings. The average molecular weight is 438 g/mol. The van der Waals surface area contributed by atoms with Crippen LogP contribution >= 0.6 is 38.5 Å². The Morgan fingerprint density at radius 1 is 1.11 bits per heavy atom. The van der Waals surface area contributed by atoms with E-state index < -0.39 is 11.6 Å². The molecule has 0 aliphatic carbocycles. The number of hydrogen-bond donors (Lipinski definition) is 1. The molecular formula is C14H11BrF2IN. The fraction of sp³-hybridized carbons (Fsp3) is 0.143. The predicted molar refractivity (Wildman–Crippen MR) is 85.3 cm³/mol. The van der Waals surface area contributed by atoms with Gasteiger partial charge in [-0.05, 0) is 69.2 Å². The van der Waals surface area contributed by atoms with E-state index in [0.29, 0.717) is 0 Å². The van der Waals surface area contributed by atoms with Gasteiger partial charge >= 0.3 is 0 Å². The van der Waals surface area contributed by atoms with Crippen LogP contribution in [-0.2, 0) is 0 Å². The first-order valence-electron chi connectivity index (χ1n) is 5.64. The van der Waals surface area contributed by atoms with Crippen molar-refractivity contribution in [2.75, 3.05) is 5.32 Å². The Morgan fingerprint density at radius 2 is 1.74 bits per heavy atom. The van der Waals surface area contributed by atoms with Gasteiger partial charge in [0.25, 0.3) is 0 Å². The molecule has 0 saturated carbocycles. The van der Waals surface area contributed by atoms with E-state index in [9.17, 15) is 8.78 Å². The molecule has 0 bridgehead atoms. The molecule has 0 radical (unpaired) electrons. The summed E-state index contributed by atoms with van der Waals surface area (Å²) in [5, 5.41) is 3.04. The second-order valence-electron chi connectivity index (χ2n) is 4.16. The Kier molecular flexibility index (Phi) is 4.78. The lowest BCUT2D eigenvalue weighted by molar-refractivity contribution is 0.579. The van der Waals surface area contributed by atoms with Gasteiger partial charge in [-0.15, -0.1) is 0 Å². The van der Waals surface area contributed by atoms with Crippen molar-refractivity contribution < 1.29 is 8.78 Å². The number of hydrogen-bond acceptors (Lipinski definition) is 1. The van der Waals surface area contributed by atoms with Gasteiger partial charge in [0, 0.05) is 15.7 Å². The van der Waals surface area contributed by atoms with E-state index in [4.69, 9.17) is 0 Å². The zero-order valence-electron chi connectivity index (χ0n) is 10.1. The summed E-state index contributed by atoms with van der Waals surface area (Å²) in [7, 11) is 0. The summed E-state index contributed by atoms with van der Waals surface area (Å²) in [6.07, 6.45) is 0. The first kappa shape index (κ1) is 14.7. The van der Waals surface area contributed by atoms with E-state index in [-0.39, 0.29) is 16.2 Å². The van der Waals surface area contributed by atoms with Crippen LogP contribution in [0.5, 0.6) is 0 Å². The first-order valence-corrected chi connectivity index (χ1v) is 7.51. The quantitative estimate of drug-likeness (QED) is 0.493. The van der Waals surface area contributed by atoms with Gasteiger partial charge < -0.3 is 5.32 Å². The summed E-state index contributed by atoms with van der Waals surface area (Å²) >= 11 is 5.28. The molecular weight excluding hydrogens is 427 g/mol. The van der Waals surface area contributed by atoms with E-state index in [0.717, 1.165) is 15.2 Å². The lowest BCUT2D eigenvalue weighted by Gasteiger charge is -2.16. The highest BCUT2D eigenvalue weighted by Crippen LogP contribution is 2.27. The SMILES string of the molecule is CC(Nc1cc(Br)c(F)cc1F)c1ccc(I)cc1. The van der Waals surface area contributed by atoms with E-state index in [1.54, 1.807) is 0 Å². The summed E-state index contributed by atoms with van der Waals surface area (Å²) < 4.78 is 28.2. The van der Waals surface area contributed by atoms with Crippen LogP contribution in [0.2, 0.25) is 0 Å². The van der Waals surface area contributed by atoms with Crippen LogP contribution in [0.15, 0.2) is 40.9 Å². The Morgan fingerprint density at radius 3 is 2.37 bits per heavy atom. The Labute approximate surface area is 132 Å². The normalized spacial score (nSPS) is 12.3. The van der Waals surface area contributed by atoms with E-state index in [2.05, 4.69) is 43.8 Å². The maximum atomic E-state index is 13.6. The minimum absolute atomic E-state index is 0.0659. The van der Waals surface area contributed by atoms with Gasteiger partial charge in [-0.1, -0.05) is 12.1 Å². The van der Waals surface area contributed by atoms with Crippen molar-refractivity contribution in [1.82, 2.24) is 0 Å². The molecule has 1 unspecified atom stereocenters. The molecule has 1 N–H and O–H groups in total. The molecule has 2 rings (SSSR count). The molecule has 100 valence electrons. The van der Waals surface area contributed by atoms with Crippen LogP contribution in [0.3, 0.4) is 0 Å². The monoisotopic (exact) mass is 437 g/mol. The van der Waals surface area contributed by atoms with Gasteiger partial charge in [0.05, 0.1) is 10.2 Å². The molecule has 2 aromatic carbocycles. The maximum Gasteiger partial charge on any atom is 0.149 e. The van der Waals surface area contributed by atoms with Gasteiger partial charge in [-0.3, -0.25) is 0 Å². The van der Waals surface area contributed by atoms with Crippen molar-refractivity contribution in [3.63, 3.8) is 0 Å². The van der Waals surface area contributed by atoms with Crippen LogP contribution in [-0.4, -0.2) is 0 Å². The van der Waals surface area contributed by atoms with Crippen LogP contribution in [0.4, 0.5) is 14.5 Å². The summed E-state index contributed by atoms with van der Waals surface area (Å²) in [6, 6.07) is 10.2. The van der Waals surface area contributed by atoms with Crippen molar-refractivity contribution in [1.29, 1.82) is 0 Å². The third kappa shape index (κ3) is 3.66. The first-order chi connectivity index (χ1) is 8.97. The zero-order chi connectivity index (χ0) is 14.0. The van der Waals surface area contributed by atoms with Gasteiger partial charge in [0.15, 0.2) is 0 Å². The fourth-order valence-electron chi connectivity index (χ4n) is 1.70. The van der Waals surface area contributed by atoms with E-state index >= 15 is 0 Å². The minimum atomic E-state index is -0.607. The maximum absolute atomic E-state index is 13.6. The van der Waals surface area contributed by atoms with Gasteiger partial charge in [0.1, 0.15) is 11.6 Å². The summed E-state index contributed by atoms with van der Waals surface area (Å²) in [4.78, 5) is 0. The van der Waals surface area contributed by atoms with Crippen molar-refractivity contribution in [3.05, 3.63) is 61.6 Å². The Hall–Kier alpha value is -0.690. The molecule has 19 heavy (non-hydrogen) atoms. The van der Waals surface area contributed by atoms with Crippen molar-refractivity contribution in [3.8, 4) is 0 Å². The molecule has 2 aromatic rings. The zero-order valence-corrected chi connectivity index (χ0v) is 13.8. The van der Waals surface area contributed by atoms with E-state index in [1.807, 2.05) is 31.2 Å². The molecule has 5 heteroatoms. The predicted octanol–water partition coefficient (Wildman–Crippen LogP) is 5.51. The molecule has 0 heterocycles. The Bertz CT molecular complexity index is 587. The number of rotatable bonds is 3. The van der Waals surface area contributed by atoms with Gasteiger partial charge in [0.2, 0.25) is 0 Å². The molecule has 1 nitrogen and oxygen atoms in total. The molecule has 0 spiro atoms. The average Bonchev–Trinajstić information content (AvgIpc) is 2.36. The highest BCUT2D eigenvalue weighted by atomic mass is 127. The number of halogens is 4. The smallest absolute Gasteiger partial charge is 0.149 e. The number of nitrogens with one attached hydrogen (secondary N) is 1. The molecule has 0 amide bonds. The van der Waals surface area contributed by atoms with Crippen molar-refractivity contribution in [2.45, 2.75) is 13.0 Å². The number of anilines is 1. The molecule has 0 aromatic heterocycles.